The van der Waals surface area contributed by atoms with Crippen molar-refractivity contribution in [3.8, 4) is 0 Å². The van der Waals surface area contributed by atoms with Gasteiger partial charge in [0.1, 0.15) is 0 Å². The van der Waals surface area contributed by atoms with Gasteiger partial charge in [0, 0.05) is 61.6 Å². The predicted molar refractivity (Wildman–Crippen MR) is 122 cm³/mol. The van der Waals surface area contributed by atoms with Gasteiger partial charge in [-0.15, -0.1) is 0 Å². The highest BCUT2D eigenvalue weighted by Crippen LogP contribution is 2.33. The molecule has 2 aromatic rings. The van der Waals surface area contributed by atoms with Crippen LogP contribution in [-0.4, -0.2) is 52.8 Å². The lowest BCUT2D eigenvalue weighted by atomic mass is 9.99. The van der Waals surface area contributed by atoms with Crippen LogP contribution in [0, 0.1) is 0 Å². The average Bonchev–Trinajstić information content (AvgIpc) is 2.78. The molecule has 1 fully saturated rings. The molecule has 1 aromatic heterocycles. The van der Waals surface area contributed by atoms with Crippen LogP contribution in [0.1, 0.15) is 29.8 Å². The van der Waals surface area contributed by atoms with Gasteiger partial charge in [0.2, 0.25) is 11.8 Å². The van der Waals surface area contributed by atoms with Crippen LogP contribution in [0.15, 0.2) is 48.1 Å². The maximum Gasteiger partial charge on any atom is 0.247 e. The Morgan fingerprint density at radius 1 is 1.19 bits per heavy atom. The Balaban J connectivity index is 1.64. The lowest BCUT2D eigenvalue weighted by Gasteiger charge is -2.41. The number of benzene rings is 1. The Morgan fingerprint density at radius 3 is 2.81 bits per heavy atom. The van der Waals surface area contributed by atoms with E-state index in [4.69, 9.17) is 23.2 Å². The molecule has 0 N–H and O–H groups in total. The second kappa shape index (κ2) is 9.28. The predicted octanol–water partition coefficient (Wildman–Crippen LogP) is 3.78. The Morgan fingerprint density at radius 2 is 2.03 bits per heavy atom. The second-order valence-electron chi connectivity index (χ2n) is 7.83. The largest absolute Gasteiger partial charge is 0.365 e. The van der Waals surface area contributed by atoms with Crippen molar-refractivity contribution in [1.29, 1.82) is 0 Å². The number of pyridine rings is 1. The summed E-state index contributed by atoms with van der Waals surface area (Å²) >= 11 is 12.1. The van der Waals surface area contributed by atoms with Crippen molar-refractivity contribution in [3.63, 3.8) is 0 Å². The SMILES string of the molecule is CC(=O)N1CCN(C(=O)/C=C\Cl)C[C@H]1c1cc(Cl)cc(N2CCc3cccnc3C2)c1. The summed E-state index contributed by atoms with van der Waals surface area (Å²) in [5, 5.41) is 0.604. The molecule has 2 aliphatic rings. The Hall–Kier alpha value is -2.57. The summed E-state index contributed by atoms with van der Waals surface area (Å²) in [6.07, 6.45) is 4.07. The monoisotopic (exact) mass is 458 g/mol. The molecule has 0 spiro atoms. The van der Waals surface area contributed by atoms with Gasteiger partial charge in [-0.25, -0.2) is 0 Å². The maximum atomic E-state index is 12.4. The van der Waals surface area contributed by atoms with E-state index in [1.165, 1.54) is 17.2 Å². The Bertz CT molecular complexity index is 1030. The molecule has 162 valence electrons. The van der Waals surface area contributed by atoms with Crippen LogP contribution in [0.25, 0.3) is 0 Å². The minimum atomic E-state index is -0.272. The van der Waals surface area contributed by atoms with E-state index in [-0.39, 0.29) is 17.9 Å². The molecule has 6 nitrogen and oxygen atoms in total. The molecule has 0 unspecified atom stereocenters. The Labute approximate surface area is 192 Å². The number of fused-ring (bicyclic) bond motifs is 1. The van der Waals surface area contributed by atoms with E-state index in [0.29, 0.717) is 31.2 Å². The van der Waals surface area contributed by atoms with E-state index in [1.54, 1.807) is 16.7 Å². The molecule has 1 aromatic carbocycles. The fourth-order valence-corrected chi connectivity index (χ4v) is 4.70. The highest BCUT2D eigenvalue weighted by Gasteiger charge is 2.32. The molecule has 2 amide bonds. The highest BCUT2D eigenvalue weighted by atomic mass is 35.5. The fourth-order valence-electron chi connectivity index (χ4n) is 4.35. The first-order valence-electron chi connectivity index (χ1n) is 10.3. The summed E-state index contributed by atoms with van der Waals surface area (Å²) in [6, 6.07) is 9.72. The van der Waals surface area contributed by atoms with Crippen LogP contribution < -0.4 is 4.90 Å². The molecular formula is C23H24Cl2N4O2. The van der Waals surface area contributed by atoms with Crippen molar-refractivity contribution in [2.24, 2.45) is 0 Å². The summed E-state index contributed by atoms with van der Waals surface area (Å²) in [5.74, 6) is -0.188. The van der Waals surface area contributed by atoms with Crippen molar-refractivity contribution in [2.45, 2.75) is 25.9 Å². The normalized spacial score (nSPS) is 18.9. The molecule has 0 radical (unpaired) electrons. The summed E-state index contributed by atoms with van der Waals surface area (Å²) in [4.78, 5) is 35.0. The van der Waals surface area contributed by atoms with Crippen LogP contribution in [0.5, 0.6) is 0 Å². The van der Waals surface area contributed by atoms with E-state index in [0.717, 1.165) is 29.9 Å². The van der Waals surface area contributed by atoms with E-state index in [1.807, 2.05) is 24.4 Å². The summed E-state index contributed by atoms with van der Waals surface area (Å²) in [5.41, 5.74) is 5.47. The number of halogens is 2. The fraction of sp³-hybridized carbons (Fsp3) is 0.348. The van der Waals surface area contributed by atoms with Crippen LogP contribution in [-0.2, 0) is 22.6 Å². The lowest BCUT2D eigenvalue weighted by Crippen LogP contribution is -2.51. The average molecular weight is 459 g/mol. The second-order valence-corrected chi connectivity index (χ2v) is 8.52. The van der Waals surface area contributed by atoms with Gasteiger partial charge in [-0.05, 0) is 41.8 Å². The topological polar surface area (TPSA) is 56.8 Å². The molecular weight excluding hydrogens is 435 g/mol. The molecule has 0 aliphatic carbocycles. The van der Waals surface area contributed by atoms with Crippen LogP contribution in [0.3, 0.4) is 0 Å². The number of anilines is 1. The summed E-state index contributed by atoms with van der Waals surface area (Å²) < 4.78 is 0. The standard InChI is InChI=1S/C23H24Cl2N4O2/c1-16(30)29-10-9-28(23(31)4-6-24)15-22(29)18-11-19(25)13-20(12-18)27-8-5-17-3-2-7-26-21(17)14-27/h2-4,6-7,11-13,22H,5,8-10,14-15H2,1H3/b6-4-/t22-/m0/s1. The van der Waals surface area contributed by atoms with E-state index < -0.39 is 0 Å². The van der Waals surface area contributed by atoms with E-state index in [9.17, 15) is 9.59 Å². The zero-order valence-electron chi connectivity index (χ0n) is 17.3. The number of carbonyl (C=O) groups excluding carboxylic acids is 2. The van der Waals surface area contributed by atoms with Crippen molar-refractivity contribution in [1.82, 2.24) is 14.8 Å². The van der Waals surface area contributed by atoms with Crippen molar-refractivity contribution < 1.29 is 9.59 Å². The van der Waals surface area contributed by atoms with Gasteiger partial charge in [0.15, 0.2) is 0 Å². The van der Waals surface area contributed by atoms with Gasteiger partial charge < -0.3 is 14.7 Å². The minimum absolute atomic E-state index is 0.0254. The van der Waals surface area contributed by atoms with Crippen LogP contribution >= 0.6 is 23.2 Å². The number of piperazine rings is 1. The molecule has 3 heterocycles. The Kier molecular flexibility index (Phi) is 6.49. The summed E-state index contributed by atoms with van der Waals surface area (Å²) in [6.45, 7) is 4.46. The molecule has 31 heavy (non-hydrogen) atoms. The van der Waals surface area contributed by atoms with Crippen molar-refractivity contribution >= 4 is 40.7 Å². The van der Waals surface area contributed by atoms with Gasteiger partial charge >= 0.3 is 0 Å². The van der Waals surface area contributed by atoms with Gasteiger partial charge in [-0.1, -0.05) is 29.3 Å². The first-order valence-corrected chi connectivity index (χ1v) is 11.1. The van der Waals surface area contributed by atoms with Gasteiger partial charge in [0.25, 0.3) is 0 Å². The number of rotatable bonds is 3. The summed E-state index contributed by atoms with van der Waals surface area (Å²) in [7, 11) is 0. The number of amides is 2. The third-order valence-electron chi connectivity index (χ3n) is 5.93. The lowest BCUT2D eigenvalue weighted by molar-refractivity contribution is -0.139. The molecule has 4 rings (SSSR count). The smallest absolute Gasteiger partial charge is 0.247 e. The minimum Gasteiger partial charge on any atom is -0.365 e. The maximum absolute atomic E-state index is 12.4. The third kappa shape index (κ3) is 4.70. The number of carbonyl (C=O) groups is 2. The van der Waals surface area contributed by atoms with Gasteiger partial charge in [0.05, 0.1) is 18.3 Å². The number of hydrogen-bond acceptors (Lipinski definition) is 4. The number of hydrogen-bond donors (Lipinski definition) is 0. The molecule has 1 saturated heterocycles. The zero-order chi connectivity index (χ0) is 22.0. The highest BCUT2D eigenvalue weighted by molar-refractivity contribution is 6.31. The van der Waals surface area contributed by atoms with E-state index in [2.05, 4.69) is 22.0 Å². The molecule has 0 saturated carbocycles. The molecule has 2 aliphatic heterocycles. The zero-order valence-corrected chi connectivity index (χ0v) is 18.8. The molecule has 8 heteroatoms. The van der Waals surface area contributed by atoms with Crippen molar-refractivity contribution in [2.75, 3.05) is 31.1 Å². The number of aromatic nitrogens is 1. The number of nitrogens with zero attached hydrogens (tertiary/aromatic N) is 4. The first-order chi connectivity index (χ1) is 15.0. The van der Waals surface area contributed by atoms with Crippen molar-refractivity contribution in [3.05, 3.63) is 70.0 Å². The van der Waals surface area contributed by atoms with Gasteiger partial charge in [-0.2, -0.15) is 0 Å². The third-order valence-corrected chi connectivity index (χ3v) is 6.28. The molecule has 1 atom stereocenters. The van der Waals surface area contributed by atoms with Gasteiger partial charge in [-0.3, -0.25) is 14.6 Å². The quantitative estimate of drug-likeness (QED) is 0.656. The van der Waals surface area contributed by atoms with Crippen LogP contribution in [0.4, 0.5) is 5.69 Å². The molecule has 0 bridgehead atoms. The van der Waals surface area contributed by atoms with E-state index >= 15 is 0 Å². The van der Waals surface area contributed by atoms with Crippen LogP contribution in [0.2, 0.25) is 5.02 Å². The first kappa shape index (κ1) is 21.7.